The van der Waals surface area contributed by atoms with Gasteiger partial charge >= 0.3 is 0 Å². The lowest BCUT2D eigenvalue weighted by atomic mass is 9.84. The molecule has 0 spiro atoms. The topological polar surface area (TPSA) is 18.5 Å². The summed E-state index contributed by atoms with van der Waals surface area (Å²) in [4.78, 5) is 0. The van der Waals surface area contributed by atoms with Crippen molar-refractivity contribution < 1.29 is 9.47 Å². The Kier molecular flexibility index (Phi) is 4.15. The van der Waals surface area contributed by atoms with Gasteiger partial charge in [-0.25, -0.2) is 0 Å². The van der Waals surface area contributed by atoms with Crippen LogP contribution in [-0.2, 0) is 24.0 Å². The van der Waals surface area contributed by atoms with E-state index in [1.165, 1.54) is 22.3 Å². The highest BCUT2D eigenvalue weighted by Gasteiger charge is 2.40. The van der Waals surface area contributed by atoms with Crippen LogP contribution in [0.5, 0.6) is 5.75 Å². The number of fused-ring (bicyclic) bond motifs is 2. The first-order chi connectivity index (χ1) is 11.8. The molecule has 0 aliphatic heterocycles. The molecule has 0 saturated carbocycles. The lowest BCUT2D eigenvalue weighted by Gasteiger charge is -2.25. The van der Waals surface area contributed by atoms with Crippen LogP contribution in [0.2, 0.25) is 0 Å². The molecule has 3 unspecified atom stereocenters. The van der Waals surface area contributed by atoms with E-state index in [9.17, 15) is 0 Å². The van der Waals surface area contributed by atoms with Gasteiger partial charge in [-0.2, -0.15) is 0 Å². The normalized spacial score (nSPS) is 24.5. The van der Waals surface area contributed by atoms with E-state index in [0.29, 0.717) is 24.5 Å². The minimum Gasteiger partial charge on any atom is -0.489 e. The van der Waals surface area contributed by atoms with Crippen molar-refractivity contribution >= 4 is 0 Å². The first kappa shape index (κ1) is 15.5. The van der Waals surface area contributed by atoms with Crippen molar-refractivity contribution in [3.05, 3.63) is 77.4 Å². The lowest BCUT2D eigenvalue weighted by Crippen LogP contribution is -2.24. The molecule has 2 aliphatic carbocycles. The fourth-order valence-electron chi connectivity index (χ4n) is 4.57. The van der Waals surface area contributed by atoms with Gasteiger partial charge in [0.1, 0.15) is 12.4 Å². The van der Waals surface area contributed by atoms with Gasteiger partial charge in [0.05, 0.1) is 6.10 Å². The molecule has 3 atom stereocenters. The fraction of sp³-hybridized carbons (Fsp3) is 0.364. The largest absolute Gasteiger partial charge is 0.489 e. The van der Waals surface area contributed by atoms with Crippen LogP contribution < -0.4 is 4.74 Å². The molecule has 0 bridgehead atoms. The molecule has 0 N–H and O–H groups in total. The molecule has 124 valence electrons. The van der Waals surface area contributed by atoms with E-state index in [0.717, 1.165) is 25.0 Å². The summed E-state index contributed by atoms with van der Waals surface area (Å²) in [5.41, 5.74) is 5.74. The molecule has 0 amide bonds. The second kappa shape index (κ2) is 6.45. The molecule has 24 heavy (non-hydrogen) atoms. The van der Waals surface area contributed by atoms with Gasteiger partial charge in [-0.3, -0.25) is 0 Å². The van der Waals surface area contributed by atoms with Gasteiger partial charge in [0, 0.05) is 13.0 Å². The Morgan fingerprint density at radius 1 is 1.04 bits per heavy atom. The zero-order valence-corrected chi connectivity index (χ0v) is 14.2. The van der Waals surface area contributed by atoms with Crippen molar-refractivity contribution in [1.29, 1.82) is 0 Å². The second-order valence-electron chi connectivity index (χ2n) is 6.86. The van der Waals surface area contributed by atoms with Crippen molar-refractivity contribution in [2.75, 3.05) is 13.7 Å². The fourth-order valence-corrected chi connectivity index (χ4v) is 4.57. The van der Waals surface area contributed by atoms with Crippen molar-refractivity contribution in [3.8, 4) is 5.75 Å². The monoisotopic (exact) mass is 320 g/mol. The summed E-state index contributed by atoms with van der Waals surface area (Å²) in [6, 6.07) is 15.3. The van der Waals surface area contributed by atoms with Crippen LogP contribution in [0.3, 0.4) is 0 Å². The molecule has 4 rings (SSSR count). The summed E-state index contributed by atoms with van der Waals surface area (Å²) >= 11 is 0. The molecule has 0 fully saturated rings. The molecular weight excluding hydrogens is 296 g/mol. The van der Waals surface area contributed by atoms with Gasteiger partial charge in [-0.05, 0) is 53.5 Å². The van der Waals surface area contributed by atoms with Gasteiger partial charge in [0.25, 0.3) is 0 Å². The summed E-state index contributed by atoms with van der Waals surface area (Å²) < 4.78 is 11.8. The second-order valence-corrected chi connectivity index (χ2v) is 6.86. The van der Waals surface area contributed by atoms with Crippen LogP contribution in [0.4, 0.5) is 0 Å². The summed E-state index contributed by atoms with van der Waals surface area (Å²) in [5, 5.41) is 0. The quantitative estimate of drug-likeness (QED) is 0.764. The first-order valence-corrected chi connectivity index (χ1v) is 8.77. The Balaban J connectivity index is 1.63. The molecule has 0 heterocycles. The van der Waals surface area contributed by atoms with E-state index in [1.54, 1.807) is 6.08 Å². The highest BCUT2D eigenvalue weighted by atomic mass is 16.5. The third-order valence-electron chi connectivity index (χ3n) is 5.58. The maximum atomic E-state index is 5.88. The third-order valence-corrected chi connectivity index (χ3v) is 5.58. The van der Waals surface area contributed by atoms with Crippen LogP contribution in [-0.4, -0.2) is 19.8 Å². The summed E-state index contributed by atoms with van der Waals surface area (Å²) in [5.74, 6) is 2.09. The number of hydrogen-bond acceptors (Lipinski definition) is 2. The Bertz CT molecular complexity index is 749. The summed E-state index contributed by atoms with van der Waals surface area (Å²) in [6.45, 7) is 4.32. The van der Waals surface area contributed by atoms with E-state index < -0.39 is 0 Å². The molecule has 0 radical (unpaired) electrons. The minimum atomic E-state index is 0.291. The van der Waals surface area contributed by atoms with Gasteiger partial charge < -0.3 is 9.47 Å². The molecule has 2 aromatic rings. The van der Waals surface area contributed by atoms with E-state index in [2.05, 4.69) is 49.0 Å². The Morgan fingerprint density at radius 3 is 2.71 bits per heavy atom. The third kappa shape index (κ3) is 2.55. The SMILES string of the molecule is C=CCOc1cccc2c1CC(C1c3ccccc3CC1OC)C2. The van der Waals surface area contributed by atoms with Crippen LogP contribution >= 0.6 is 0 Å². The Morgan fingerprint density at radius 2 is 1.88 bits per heavy atom. The smallest absolute Gasteiger partial charge is 0.123 e. The van der Waals surface area contributed by atoms with E-state index in [1.807, 2.05) is 7.11 Å². The predicted molar refractivity (Wildman–Crippen MR) is 96.7 cm³/mol. The molecular formula is C22H24O2. The highest BCUT2D eigenvalue weighted by Crippen LogP contribution is 2.46. The number of hydrogen-bond donors (Lipinski definition) is 0. The standard InChI is InChI=1S/C22H24O2/c1-3-11-24-20-10-6-8-15-12-17(13-19(15)20)22-18-9-5-4-7-16(18)14-21(22)23-2/h3-10,17,21-22H,1,11-14H2,2H3. The van der Waals surface area contributed by atoms with Gasteiger partial charge in [0.2, 0.25) is 0 Å². The molecule has 2 aromatic carbocycles. The average molecular weight is 320 g/mol. The lowest BCUT2D eigenvalue weighted by molar-refractivity contribution is 0.0717. The number of methoxy groups -OCH3 is 1. The van der Waals surface area contributed by atoms with Crippen molar-refractivity contribution in [1.82, 2.24) is 0 Å². The van der Waals surface area contributed by atoms with Gasteiger partial charge in [0.15, 0.2) is 0 Å². The van der Waals surface area contributed by atoms with Gasteiger partial charge in [-0.1, -0.05) is 49.1 Å². The van der Waals surface area contributed by atoms with Crippen molar-refractivity contribution in [3.63, 3.8) is 0 Å². The van der Waals surface area contributed by atoms with Gasteiger partial charge in [-0.15, -0.1) is 0 Å². The minimum absolute atomic E-state index is 0.291. The average Bonchev–Trinajstić information content (AvgIpc) is 3.20. The Labute approximate surface area is 144 Å². The van der Waals surface area contributed by atoms with Crippen LogP contribution in [0.1, 0.15) is 28.2 Å². The summed E-state index contributed by atoms with van der Waals surface area (Å²) in [7, 11) is 1.85. The van der Waals surface area contributed by atoms with Crippen LogP contribution in [0.25, 0.3) is 0 Å². The molecule has 0 aromatic heterocycles. The maximum Gasteiger partial charge on any atom is 0.123 e. The molecule has 2 nitrogen and oxygen atoms in total. The van der Waals surface area contributed by atoms with Crippen molar-refractivity contribution in [2.24, 2.45) is 5.92 Å². The maximum absolute atomic E-state index is 5.88. The predicted octanol–water partition coefficient (Wildman–Crippen LogP) is 4.32. The number of benzene rings is 2. The van der Waals surface area contributed by atoms with E-state index in [4.69, 9.17) is 9.47 Å². The zero-order valence-electron chi connectivity index (χ0n) is 14.2. The van der Waals surface area contributed by atoms with Crippen LogP contribution in [0, 0.1) is 5.92 Å². The zero-order chi connectivity index (χ0) is 16.5. The van der Waals surface area contributed by atoms with Crippen LogP contribution in [0.15, 0.2) is 55.1 Å². The number of ether oxygens (including phenoxy) is 2. The van der Waals surface area contributed by atoms with Crippen molar-refractivity contribution in [2.45, 2.75) is 31.3 Å². The first-order valence-electron chi connectivity index (χ1n) is 8.77. The summed E-state index contributed by atoms with van der Waals surface area (Å²) in [6.07, 6.45) is 5.31. The van der Waals surface area contributed by atoms with E-state index in [-0.39, 0.29) is 0 Å². The van der Waals surface area contributed by atoms with E-state index >= 15 is 0 Å². The number of rotatable bonds is 5. The molecule has 0 saturated heterocycles. The highest BCUT2D eigenvalue weighted by molar-refractivity contribution is 5.46. The molecule has 2 heteroatoms. The Hall–Kier alpha value is -2.06. The molecule has 2 aliphatic rings.